The molecule has 1 unspecified atom stereocenters. The summed E-state index contributed by atoms with van der Waals surface area (Å²) in [6, 6.07) is 0. The van der Waals surface area contributed by atoms with Gasteiger partial charge in [-0.15, -0.1) is 6.58 Å². The van der Waals surface area contributed by atoms with Crippen LogP contribution in [0, 0.1) is 0 Å². The Balaban J connectivity index is 2.81. The van der Waals surface area contributed by atoms with Crippen molar-refractivity contribution >= 4 is 0 Å². The first-order chi connectivity index (χ1) is 3.27. The zero-order valence-corrected chi connectivity index (χ0v) is 4.36. The lowest BCUT2D eigenvalue weighted by atomic mass is 10.7. The lowest BCUT2D eigenvalue weighted by Gasteiger charge is -1.97. The number of hydrogen-bond donors (Lipinski definition) is 0. The van der Waals surface area contributed by atoms with Crippen molar-refractivity contribution in [2.75, 3.05) is 6.61 Å². The van der Waals surface area contributed by atoms with Gasteiger partial charge in [-0.25, -0.2) is 4.39 Å². The van der Waals surface area contributed by atoms with Crippen molar-refractivity contribution < 1.29 is 9.13 Å². The van der Waals surface area contributed by atoms with Gasteiger partial charge in [0.05, 0.1) is 6.61 Å². The maximum atomic E-state index is 11.6. The van der Waals surface area contributed by atoms with Crippen molar-refractivity contribution in [3.8, 4) is 0 Å². The topological polar surface area (TPSA) is 9.23 Å². The number of rotatable bonds is 3. The summed E-state index contributed by atoms with van der Waals surface area (Å²) in [7, 11) is 0. The van der Waals surface area contributed by atoms with E-state index in [9.17, 15) is 4.39 Å². The highest BCUT2D eigenvalue weighted by Gasteiger charge is 1.90. The van der Waals surface area contributed by atoms with Crippen LogP contribution in [-0.4, -0.2) is 13.0 Å². The molecule has 0 amide bonds. The first-order valence-corrected chi connectivity index (χ1v) is 2.14. The Morgan fingerprint density at radius 2 is 2.57 bits per heavy atom. The molecule has 0 fully saturated rings. The van der Waals surface area contributed by atoms with Gasteiger partial charge in [0.25, 0.3) is 0 Å². The highest BCUT2D eigenvalue weighted by molar-refractivity contribution is 4.63. The van der Waals surface area contributed by atoms with E-state index in [4.69, 9.17) is 0 Å². The maximum absolute atomic E-state index is 11.6. The van der Waals surface area contributed by atoms with E-state index in [0.717, 1.165) is 0 Å². The molecule has 0 saturated heterocycles. The quantitative estimate of drug-likeness (QED) is 0.493. The summed E-state index contributed by atoms with van der Waals surface area (Å²) in [5.74, 6) is 0. The van der Waals surface area contributed by atoms with Gasteiger partial charge in [-0.3, -0.25) is 0 Å². The molecular formula is C5H9FO. The summed E-state index contributed by atoms with van der Waals surface area (Å²) in [5.41, 5.74) is 0. The van der Waals surface area contributed by atoms with Crippen LogP contribution >= 0.6 is 0 Å². The third-order valence-electron chi connectivity index (χ3n) is 0.444. The van der Waals surface area contributed by atoms with Gasteiger partial charge in [0.1, 0.15) is 0 Å². The normalized spacial score (nSPS) is 13.4. The van der Waals surface area contributed by atoms with Crippen molar-refractivity contribution in [3.05, 3.63) is 12.7 Å². The fourth-order valence-electron chi connectivity index (χ4n) is 0.201. The number of alkyl halides is 1. The molecule has 0 aromatic heterocycles. The van der Waals surface area contributed by atoms with Crippen molar-refractivity contribution in [1.82, 2.24) is 0 Å². The smallest absolute Gasteiger partial charge is 0.196 e. The zero-order valence-electron chi connectivity index (χ0n) is 4.36. The number of ether oxygens (including phenoxy) is 1. The molecule has 42 valence electrons. The molecule has 1 atom stereocenters. The van der Waals surface area contributed by atoms with Crippen LogP contribution in [0.2, 0.25) is 0 Å². The molecule has 1 nitrogen and oxygen atoms in total. The Morgan fingerprint density at radius 3 is 2.71 bits per heavy atom. The molecular weight excluding hydrogens is 95.1 g/mol. The predicted molar refractivity (Wildman–Crippen MR) is 26.7 cm³/mol. The van der Waals surface area contributed by atoms with Crippen LogP contribution < -0.4 is 0 Å². The molecule has 0 rings (SSSR count). The molecule has 0 bridgehead atoms. The van der Waals surface area contributed by atoms with Crippen LogP contribution in [0.3, 0.4) is 0 Å². The van der Waals surface area contributed by atoms with Gasteiger partial charge >= 0.3 is 0 Å². The van der Waals surface area contributed by atoms with Crippen molar-refractivity contribution in [2.24, 2.45) is 0 Å². The highest BCUT2D eigenvalue weighted by Crippen LogP contribution is 1.88. The van der Waals surface area contributed by atoms with Gasteiger partial charge in [0.2, 0.25) is 0 Å². The highest BCUT2D eigenvalue weighted by atomic mass is 19.1. The summed E-state index contributed by atoms with van der Waals surface area (Å²) >= 11 is 0. The Kier molecular flexibility index (Phi) is 3.61. The average molecular weight is 104 g/mol. The average Bonchev–Trinajstić information content (AvgIpc) is 1.61. The summed E-state index contributed by atoms with van der Waals surface area (Å²) in [5, 5.41) is 0. The Morgan fingerprint density at radius 1 is 2.00 bits per heavy atom. The van der Waals surface area contributed by atoms with Gasteiger partial charge in [-0.1, -0.05) is 6.08 Å². The molecule has 0 aliphatic rings. The van der Waals surface area contributed by atoms with E-state index in [-0.39, 0.29) is 6.61 Å². The lowest BCUT2D eigenvalue weighted by molar-refractivity contribution is -0.00925. The predicted octanol–water partition coefficient (Wildman–Crippen LogP) is 1.50. The van der Waals surface area contributed by atoms with Crippen LogP contribution in [0.4, 0.5) is 4.39 Å². The summed E-state index contributed by atoms with van der Waals surface area (Å²) in [6.45, 7) is 4.97. The largest absolute Gasteiger partial charge is 0.344 e. The van der Waals surface area contributed by atoms with E-state index in [1.54, 1.807) is 0 Å². The molecule has 0 saturated carbocycles. The van der Waals surface area contributed by atoms with Crippen molar-refractivity contribution in [2.45, 2.75) is 13.3 Å². The van der Waals surface area contributed by atoms with Gasteiger partial charge in [0, 0.05) is 0 Å². The SMILES string of the molecule is C=CCOC(C)F. The lowest BCUT2D eigenvalue weighted by Crippen LogP contribution is -1.98. The van der Waals surface area contributed by atoms with E-state index in [1.165, 1.54) is 13.0 Å². The Hall–Kier alpha value is -0.370. The first-order valence-electron chi connectivity index (χ1n) is 2.14. The third kappa shape index (κ3) is 5.63. The van der Waals surface area contributed by atoms with Crippen LogP contribution in [-0.2, 0) is 4.74 Å². The molecule has 0 radical (unpaired) electrons. The second-order valence-electron chi connectivity index (χ2n) is 1.17. The Labute approximate surface area is 42.8 Å². The molecule has 0 heterocycles. The molecule has 0 aromatic rings. The minimum absolute atomic E-state index is 0.289. The first kappa shape index (κ1) is 6.63. The fourth-order valence-corrected chi connectivity index (χ4v) is 0.201. The summed E-state index contributed by atoms with van der Waals surface area (Å²) < 4.78 is 16.0. The van der Waals surface area contributed by atoms with Crippen LogP contribution in [0.1, 0.15) is 6.92 Å². The van der Waals surface area contributed by atoms with Crippen LogP contribution in [0.25, 0.3) is 0 Å². The third-order valence-corrected chi connectivity index (χ3v) is 0.444. The van der Waals surface area contributed by atoms with Crippen LogP contribution in [0.5, 0.6) is 0 Å². The molecule has 7 heavy (non-hydrogen) atoms. The molecule has 0 aliphatic heterocycles. The van der Waals surface area contributed by atoms with Crippen molar-refractivity contribution in [3.63, 3.8) is 0 Å². The summed E-state index contributed by atoms with van der Waals surface area (Å²) in [6.07, 6.45) is 0.341. The number of hydrogen-bond acceptors (Lipinski definition) is 1. The molecule has 0 aliphatic carbocycles. The summed E-state index contributed by atoms with van der Waals surface area (Å²) in [4.78, 5) is 0. The minimum atomic E-state index is -1.17. The molecule has 0 N–H and O–H groups in total. The second-order valence-corrected chi connectivity index (χ2v) is 1.17. The van der Waals surface area contributed by atoms with Gasteiger partial charge in [-0.2, -0.15) is 0 Å². The number of halogens is 1. The van der Waals surface area contributed by atoms with E-state index >= 15 is 0 Å². The van der Waals surface area contributed by atoms with Crippen molar-refractivity contribution in [1.29, 1.82) is 0 Å². The Bertz CT molecular complexity index is 52.0. The van der Waals surface area contributed by atoms with E-state index in [1.807, 2.05) is 0 Å². The van der Waals surface area contributed by atoms with Gasteiger partial charge in [0.15, 0.2) is 6.36 Å². The van der Waals surface area contributed by atoms with E-state index in [0.29, 0.717) is 0 Å². The van der Waals surface area contributed by atoms with Gasteiger partial charge in [-0.05, 0) is 6.92 Å². The molecule has 0 aromatic carbocycles. The van der Waals surface area contributed by atoms with E-state index in [2.05, 4.69) is 11.3 Å². The zero-order chi connectivity index (χ0) is 5.70. The minimum Gasteiger partial charge on any atom is -0.344 e. The molecule has 2 heteroatoms. The van der Waals surface area contributed by atoms with E-state index < -0.39 is 6.36 Å². The second kappa shape index (κ2) is 3.81. The standard InChI is InChI=1S/C5H9FO/c1-3-4-7-5(2)6/h3,5H,1,4H2,2H3. The molecule has 0 spiro atoms. The van der Waals surface area contributed by atoms with Crippen LogP contribution in [0.15, 0.2) is 12.7 Å². The maximum Gasteiger partial charge on any atom is 0.196 e. The monoisotopic (exact) mass is 104 g/mol. The van der Waals surface area contributed by atoms with Gasteiger partial charge < -0.3 is 4.74 Å². The fraction of sp³-hybridized carbons (Fsp3) is 0.600.